The highest BCUT2D eigenvalue weighted by atomic mass is 32.1. The molecule has 10 nitrogen and oxygen atoms in total. The van der Waals surface area contributed by atoms with Crippen LogP contribution in [0.5, 0.6) is 0 Å². The largest absolute Gasteiger partial charge is 0.478 e. The summed E-state index contributed by atoms with van der Waals surface area (Å²) in [6, 6.07) is 8.42. The standard InChI is InChI=1S/C36H54N4O6S/c1-10-24(6)27(19-30(41)33(37-7)23(4)5)36(45)40(8)29(22(2)3)20-31(46-9)35-39-28(21-47-35)34(44)38-26(16-17-32(42)43)18-25-14-12-11-13-15-25/h11-17,21-24,26-27,29,31,33,37H,10,18-20H2,1-9H3,(H,38,44)(H,42,43)/b17-16+/t24?,26-,27+,29-,31?,33+/m1/s1. The maximum Gasteiger partial charge on any atom is 0.328 e. The number of methoxy groups -OCH3 is 1. The average Bonchev–Trinajstić information content (AvgIpc) is 3.53. The quantitative estimate of drug-likeness (QED) is 0.156. The minimum Gasteiger partial charge on any atom is -0.478 e. The number of Topliss-reactive ketones (excluding diaryl/α,β-unsaturated/α-hetero) is 1. The van der Waals surface area contributed by atoms with E-state index >= 15 is 0 Å². The molecule has 0 aliphatic heterocycles. The highest BCUT2D eigenvalue weighted by Gasteiger charge is 2.36. The average molecular weight is 671 g/mol. The molecule has 0 saturated carbocycles. The van der Waals surface area contributed by atoms with Gasteiger partial charge in [0.15, 0.2) is 5.78 Å². The molecule has 1 aromatic carbocycles. The molecule has 260 valence electrons. The Labute approximate surface area is 284 Å². The maximum absolute atomic E-state index is 14.0. The molecule has 0 bridgehead atoms. The second-order valence-electron chi connectivity index (χ2n) is 12.9. The second kappa shape index (κ2) is 19.4. The molecule has 3 N–H and O–H groups in total. The molecule has 1 aromatic heterocycles. The molecule has 2 aromatic rings. The molecule has 2 unspecified atom stereocenters. The van der Waals surface area contributed by atoms with Gasteiger partial charge in [-0.25, -0.2) is 9.78 Å². The molecule has 1 heterocycles. The van der Waals surface area contributed by atoms with E-state index < -0.39 is 29.9 Å². The SMILES string of the molecule is CCC(C)[C@H](CC(=O)[C@@H](NC)C(C)C)C(=O)N(C)[C@H](CC(OC)c1nc(C(=O)N[C@H](/C=C/C(=O)O)Cc2ccccc2)cs1)C(C)C. The summed E-state index contributed by atoms with van der Waals surface area (Å²) >= 11 is 1.30. The van der Waals surface area contributed by atoms with Crippen molar-refractivity contribution in [3.05, 3.63) is 64.1 Å². The van der Waals surface area contributed by atoms with Gasteiger partial charge in [-0.1, -0.05) is 84.4 Å². The molecule has 47 heavy (non-hydrogen) atoms. The number of nitrogens with one attached hydrogen (secondary N) is 2. The van der Waals surface area contributed by atoms with Crippen LogP contribution in [0.2, 0.25) is 0 Å². The molecule has 0 aliphatic carbocycles. The summed E-state index contributed by atoms with van der Waals surface area (Å²) in [5.74, 6) is -1.75. The van der Waals surface area contributed by atoms with Gasteiger partial charge in [-0.15, -0.1) is 11.3 Å². The lowest BCUT2D eigenvalue weighted by atomic mass is 9.82. The first kappa shape index (κ1) is 39.8. The fourth-order valence-corrected chi connectivity index (χ4v) is 6.75. The number of ketones is 1. The molecule has 0 spiro atoms. The fourth-order valence-electron chi connectivity index (χ4n) is 5.86. The van der Waals surface area contributed by atoms with Crippen LogP contribution in [0, 0.1) is 23.7 Å². The van der Waals surface area contributed by atoms with Crippen molar-refractivity contribution in [2.75, 3.05) is 21.2 Å². The third-order valence-corrected chi connectivity index (χ3v) is 9.80. The molecule has 0 fully saturated rings. The van der Waals surface area contributed by atoms with Crippen LogP contribution in [0.3, 0.4) is 0 Å². The maximum atomic E-state index is 14.0. The molecule has 2 amide bonds. The van der Waals surface area contributed by atoms with Gasteiger partial charge >= 0.3 is 5.97 Å². The van der Waals surface area contributed by atoms with Gasteiger partial charge < -0.3 is 25.4 Å². The van der Waals surface area contributed by atoms with E-state index in [-0.39, 0.29) is 53.6 Å². The lowest BCUT2D eigenvalue weighted by Crippen LogP contribution is -2.47. The molecule has 6 atom stereocenters. The zero-order valence-corrected chi connectivity index (χ0v) is 30.2. The van der Waals surface area contributed by atoms with Crippen molar-refractivity contribution in [1.29, 1.82) is 0 Å². The monoisotopic (exact) mass is 670 g/mol. The van der Waals surface area contributed by atoms with E-state index in [2.05, 4.69) is 29.5 Å². The van der Waals surface area contributed by atoms with Crippen molar-refractivity contribution in [1.82, 2.24) is 20.5 Å². The van der Waals surface area contributed by atoms with Crippen molar-refractivity contribution in [3.8, 4) is 0 Å². The van der Waals surface area contributed by atoms with Gasteiger partial charge in [-0.05, 0) is 36.8 Å². The number of likely N-dealkylation sites (N-methyl/N-ethyl adjacent to an activating group) is 1. The van der Waals surface area contributed by atoms with E-state index in [4.69, 9.17) is 9.84 Å². The topological polar surface area (TPSA) is 138 Å². The van der Waals surface area contributed by atoms with E-state index in [0.717, 1.165) is 18.1 Å². The number of carbonyl (C=O) groups is 4. The van der Waals surface area contributed by atoms with E-state index in [9.17, 15) is 19.2 Å². The van der Waals surface area contributed by atoms with Crippen molar-refractivity contribution in [3.63, 3.8) is 0 Å². The van der Waals surface area contributed by atoms with Crippen LogP contribution >= 0.6 is 11.3 Å². The number of hydrogen-bond acceptors (Lipinski definition) is 8. The Morgan fingerprint density at radius 2 is 1.72 bits per heavy atom. The summed E-state index contributed by atoms with van der Waals surface area (Å²) in [5.41, 5.74) is 1.16. The third kappa shape index (κ3) is 12.0. The summed E-state index contributed by atoms with van der Waals surface area (Å²) in [4.78, 5) is 58.1. The molecule has 0 saturated heterocycles. The molecule has 0 radical (unpaired) electrons. The summed E-state index contributed by atoms with van der Waals surface area (Å²) in [6.45, 7) is 12.2. The molecule has 2 rings (SSSR count). The molecule has 0 aliphatic rings. The minimum absolute atomic E-state index is 0.0284. The minimum atomic E-state index is -1.10. The van der Waals surface area contributed by atoms with Crippen molar-refractivity contribution >= 4 is 34.9 Å². The Hall–Kier alpha value is -3.41. The number of amides is 2. The Morgan fingerprint density at radius 1 is 1.06 bits per heavy atom. The Morgan fingerprint density at radius 3 is 2.26 bits per heavy atom. The number of carboxylic acids is 1. The van der Waals surface area contributed by atoms with Crippen molar-refractivity contribution in [2.45, 2.75) is 91.5 Å². The number of thiazole rings is 1. The van der Waals surface area contributed by atoms with Crippen LogP contribution in [-0.4, -0.2) is 77.9 Å². The first-order valence-electron chi connectivity index (χ1n) is 16.4. The van der Waals surface area contributed by atoms with Gasteiger partial charge in [0.2, 0.25) is 5.91 Å². The second-order valence-corrected chi connectivity index (χ2v) is 13.8. The summed E-state index contributed by atoms with van der Waals surface area (Å²) < 4.78 is 5.87. The Bertz CT molecular complexity index is 1330. The van der Waals surface area contributed by atoms with Gasteiger partial charge in [0.1, 0.15) is 16.8 Å². The van der Waals surface area contributed by atoms with Gasteiger partial charge in [0.25, 0.3) is 5.91 Å². The fraction of sp³-hybridized carbons (Fsp3) is 0.583. The van der Waals surface area contributed by atoms with Gasteiger partial charge in [0, 0.05) is 50.4 Å². The van der Waals surface area contributed by atoms with Crippen molar-refractivity contribution in [2.24, 2.45) is 23.7 Å². The van der Waals surface area contributed by atoms with Gasteiger partial charge in [-0.2, -0.15) is 0 Å². The molecular weight excluding hydrogens is 616 g/mol. The Balaban J connectivity index is 2.24. The number of aliphatic carboxylic acids is 1. The highest BCUT2D eigenvalue weighted by Crippen LogP contribution is 2.32. The summed E-state index contributed by atoms with van der Waals surface area (Å²) in [5, 5.41) is 17.4. The van der Waals surface area contributed by atoms with Gasteiger partial charge in [0.05, 0.1) is 12.1 Å². The smallest absolute Gasteiger partial charge is 0.328 e. The third-order valence-electron chi connectivity index (χ3n) is 8.86. The van der Waals surface area contributed by atoms with Crippen LogP contribution in [0.15, 0.2) is 47.9 Å². The highest BCUT2D eigenvalue weighted by molar-refractivity contribution is 7.09. The lowest BCUT2D eigenvalue weighted by Gasteiger charge is -2.37. The first-order chi connectivity index (χ1) is 22.2. The van der Waals surface area contributed by atoms with E-state index in [1.807, 2.05) is 58.0 Å². The number of rotatable bonds is 20. The lowest BCUT2D eigenvalue weighted by molar-refractivity contribution is -0.142. The predicted molar refractivity (Wildman–Crippen MR) is 186 cm³/mol. The number of carboxylic acid groups (broad SMARTS) is 1. The van der Waals surface area contributed by atoms with Crippen LogP contribution in [0.4, 0.5) is 0 Å². The predicted octanol–water partition coefficient (Wildman–Crippen LogP) is 5.55. The molecular formula is C36H54N4O6S. The number of nitrogens with zero attached hydrogens (tertiary/aromatic N) is 2. The van der Waals surface area contributed by atoms with E-state index in [1.54, 1.807) is 31.5 Å². The number of carbonyl (C=O) groups excluding carboxylic acids is 3. The van der Waals surface area contributed by atoms with Gasteiger partial charge in [-0.3, -0.25) is 14.4 Å². The number of ether oxygens (including phenoxy) is 1. The normalized spacial score (nSPS) is 15.6. The zero-order chi connectivity index (χ0) is 35.3. The zero-order valence-electron chi connectivity index (χ0n) is 29.4. The van der Waals surface area contributed by atoms with Crippen LogP contribution < -0.4 is 10.6 Å². The van der Waals surface area contributed by atoms with Crippen molar-refractivity contribution < 1.29 is 29.0 Å². The summed E-state index contributed by atoms with van der Waals surface area (Å²) in [6.07, 6.45) is 3.83. The molecule has 11 heteroatoms. The van der Waals surface area contributed by atoms with E-state index in [1.165, 1.54) is 17.4 Å². The van der Waals surface area contributed by atoms with Crippen LogP contribution in [-0.2, 0) is 25.5 Å². The number of hydrogen-bond donors (Lipinski definition) is 3. The number of benzene rings is 1. The van der Waals surface area contributed by atoms with E-state index in [0.29, 0.717) is 17.8 Å². The van der Waals surface area contributed by atoms with Crippen LogP contribution in [0.1, 0.15) is 88.0 Å². The number of aromatic nitrogens is 1. The Kier molecular flexibility index (Phi) is 16.4. The van der Waals surface area contributed by atoms with Crippen LogP contribution in [0.25, 0.3) is 0 Å². The summed E-state index contributed by atoms with van der Waals surface area (Å²) in [7, 11) is 5.17. The first-order valence-corrected chi connectivity index (χ1v) is 17.3.